The van der Waals surface area contributed by atoms with Crippen LogP contribution in [0.1, 0.15) is 12.7 Å². The molecule has 68 valence electrons. The Morgan fingerprint density at radius 1 is 1.67 bits per heavy atom. The van der Waals surface area contributed by atoms with E-state index in [0.717, 1.165) is 9.53 Å². The van der Waals surface area contributed by atoms with Crippen molar-refractivity contribution in [3.63, 3.8) is 0 Å². The SMILES string of the molecule is CC(O)CNCc1ccc(I)o1. The van der Waals surface area contributed by atoms with Gasteiger partial charge in [0.05, 0.1) is 12.6 Å². The standard InChI is InChI=1S/C8H12INO2/c1-6(11)4-10-5-7-2-3-8(9)12-7/h2-3,6,10-11H,4-5H2,1H3. The molecular formula is C8H12INO2. The maximum Gasteiger partial charge on any atom is 0.164 e. The largest absolute Gasteiger partial charge is 0.454 e. The zero-order valence-corrected chi connectivity index (χ0v) is 9.04. The quantitative estimate of drug-likeness (QED) is 0.819. The zero-order valence-electron chi connectivity index (χ0n) is 6.88. The molecule has 1 aromatic rings. The molecule has 0 fully saturated rings. The summed E-state index contributed by atoms with van der Waals surface area (Å²) >= 11 is 2.12. The first kappa shape index (κ1) is 10.0. The molecule has 1 aromatic heterocycles. The summed E-state index contributed by atoms with van der Waals surface area (Å²) < 4.78 is 6.20. The van der Waals surface area contributed by atoms with E-state index in [1.54, 1.807) is 6.92 Å². The summed E-state index contributed by atoms with van der Waals surface area (Å²) in [5, 5.41) is 12.0. The molecule has 1 rings (SSSR count). The van der Waals surface area contributed by atoms with Crippen molar-refractivity contribution in [3.05, 3.63) is 21.7 Å². The molecule has 12 heavy (non-hydrogen) atoms. The molecule has 2 N–H and O–H groups in total. The lowest BCUT2D eigenvalue weighted by molar-refractivity contribution is 0.190. The molecule has 0 aromatic carbocycles. The van der Waals surface area contributed by atoms with Gasteiger partial charge in [0.2, 0.25) is 0 Å². The van der Waals surface area contributed by atoms with E-state index in [1.807, 2.05) is 12.1 Å². The molecule has 1 unspecified atom stereocenters. The lowest BCUT2D eigenvalue weighted by Gasteiger charge is -2.03. The second-order valence-electron chi connectivity index (χ2n) is 2.69. The molecule has 0 aliphatic rings. The van der Waals surface area contributed by atoms with Crippen LogP contribution in [0.3, 0.4) is 0 Å². The second-order valence-corrected chi connectivity index (χ2v) is 3.75. The highest BCUT2D eigenvalue weighted by molar-refractivity contribution is 14.1. The molecule has 0 saturated carbocycles. The van der Waals surface area contributed by atoms with Gasteiger partial charge in [0.25, 0.3) is 0 Å². The van der Waals surface area contributed by atoms with Gasteiger partial charge in [0, 0.05) is 6.54 Å². The van der Waals surface area contributed by atoms with Crippen molar-refractivity contribution >= 4 is 22.6 Å². The van der Waals surface area contributed by atoms with Crippen LogP contribution < -0.4 is 5.32 Å². The maximum atomic E-state index is 8.94. The highest BCUT2D eigenvalue weighted by Crippen LogP contribution is 2.09. The van der Waals surface area contributed by atoms with E-state index in [9.17, 15) is 0 Å². The Bertz CT molecular complexity index is 235. The van der Waals surface area contributed by atoms with E-state index in [-0.39, 0.29) is 6.10 Å². The second kappa shape index (κ2) is 4.84. The third kappa shape index (κ3) is 3.55. The average molecular weight is 281 g/mol. The summed E-state index contributed by atoms with van der Waals surface area (Å²) in [4.78, 5) is 0. The van der Waals surface area contributed by atoms with Gasteiger partial charge in [-0.25, -0.2) is 0 Å². The number of aliphatic hydroxyl groups is 1. The third-order valence-electron chi connectivity index (χ3n) is 1.37. The van der Waals surface area contributed by atoms with Gasteiger partial charge in [0.1, 0.15) is 5.76 Å². The summed E-state index contributed by atoms with van der Waals surface area (Å²) in [5.74, 6) is 0.903. The van der Waals surface area contributed by atoms with Crippen LogP contribution >= 0.6 is 22.6 Å². The fraction of sp³-hybridized carbons (Fsp3) is 0.500. The van der Waals surface area contributed by atoms with Crippen molar-refractivity contribution in [1.82, 2.24) is 5.32 Å². The number of hydrogen-bond acceptors (Lipinski definition) is 3. The Balaban J connectivity index is 2.24. The molecule has 1 heterocycles. The Morgan fingerprint density at radius 3 is 2.92 bits per heavy atom. The topological polar surface area (TPSA) is 45.4 Å². The third-order valence-corrected chi connectivity index (χ3v) is 1.95. The molecule has 1 atom stereocenters. The molecule has 0 saturated heterocycles. The molecule has 3 nitrogen and oxygen atoms in total. The Morgan fingerprint density at radius 2 is 2.42 bits per heavy atom. The van der Waals surface area contributed by atoms with Crippen LogP contribution in [-0.4, -0.2) is 17.8 Å². The number of aliphatic hydroxyl groups excluding tert-OH is 1. The lowest BCUT2D eigenvalue weighted by Crippen LogP contribution is -2.23. The first-order chi connectivity index (χ1) is 5.68. The van der Waals surface area contributed by atoms with Gasteiger partial charge < -0.3 is 14.8 Å². The number of halogens is 1. The molecule has 0 aliphatic heterocycles. The lowest BCUT2D eigenvalue weighted by atomic mass is 10.4. The Hall–Kier alpha value is -0.0700. The van der Waals surface area contributed by atoms with Gasteiger partial charge in [-0.15, -0.1) is 0 Å². The van der Waals surface area contributed by atoms with Crippen LogP contribution in [-0.2, 0) is 6.54 Å². The fourth-order valence-corrected chi connectivity index (χ4v) is 1.31. The molecule has 4 heteroatoms. The number of rotatable bonds is 4. The minimum absolute atomic E-state index is 0.306. The van der Waals surface area contributed by atoms with E-state index < -0.39 is 0 Å². The Kier molecular flexibility index (Phi) is 4.03. The highest BCUT2D eigenvalue weighted by Gasteiger charge is 1.99. The fourth-order valence-electron chi connectivity index (χ4n) is 0.851. The highest BCUT2D eigenvalue weighted by atomic mass is 127. The molecule has 0 aliphatic carbocycles. The van der Waals surface area contributed by atoms with Crippen LogP contribution in [0.5, 0.6) is 0 Å². The minimum Gasteiger partial charge on any atom is -0.454 e. The predicted molar refractivity (Wildman–Crippen MR) is 54.8 cm³/mol. The van der Waals surface area contributed by atoms with Crippen molar-refractivity contribution in [2.75, 3.05) is 6.54 Å². The summed E-state index contributed by atoms with van der Waals surface area (Å²) in [7, 11) is 0. The first-order valence-corrected chi connectivity index (χ1v) is 4.89. The van der Waals surface area contributed by atoms with Gasteiger partial charge in [-0.1, -0.05) is 0 Å². The summed E-state index contributed by atoms with van der Waals surface area (Å²) in [5.41, 5.74) is 0. The zero-order chi connectivity index (χ0) is 8.97. The smallest absolute Gasteiger partial charge is 0.164 e. The first-order valence-electron chi connectivity index (χ1n) is 3.81. The van der Waals surface area contributed by atoms with Crippen molar-refractivity contribution in [2.45, 2.75) is 19.6 Å². The number of hydrogen-bond donors (Lipinski definition) is 2. The van der Waals surface area contributed by atoms with E-state index in [0.29, 0.717) is 13.1 Å². The average Bonchev–Trinajstić information content (AvgIpc) is 2.35. The van der Waals surface area contributed by atoms with Crippen LogP contribution in [0, 0.1) is 3.77 Å². The van der Waals surface area contributed by atoms with Gasteiger partial charge >= 0.3 is 0 Å². The van der Waals surface area contributed by atoms with Crippen LogP contribution in [0.15, 0.2) is 16.5 Å². The van der Waals surface area contributed by atoms with E-state index in [1.165, 1.54) is 0 Å². The molecule has 0 spiro atoms. The van der Waals surface area contributed by atoms with Crippen molar-refractivity contribution in [1.29, 1.82) is 0 Å². The maximum absolute atomic E-state index is 8.94. The Labute approximate surface area is 85.3 Å². The van der Waals surface area contributed by atoms with Crippen LogP contribution in [0.2, 0.25) is 0 Å². The van der Waals surface area contributed by atoms with Gasteiger partial charge in [-0.2, -0.15) is 0 Å². The van der Waals surface area contributed by atoms with Crippen LogP contribution in [0.25, 0.3) is 0 Å². The normalized spacial score (nSPS) is 13.2. The van der Waals surface area contributed by atoms with E-state index >= 15 is 0 Å². The molecule has 0 amide bonds. The minimum atomic E-state index is -0.306. The van der Waals surface area contributed by atoms with E-state index in [4.69, 9.17) is 9.52 Å². The van der Waals surface area contributed by atoms with E-state index in [2.05, 4.69) is 27.9 Å². The summed E-state index contributed by atoms with van der Waals surface area (Å²) in [6.07, 6.45) is -0.306. The number of furan rings is 1. The van der Waals surface area contributed by atoms with Crippen molar-refractivity contribution in [3.8, 4) is 0 Å². The number of nitrogens with one attached hydrogen (secondary N) is 1. The summed E-state index contributed by atoms with van der Waals surface area (Å²) in [6, 6.07) is 3.84. The predicted octanol–water partition coefficient (Wildman–Crippen LogP) is 1.35. The van der Waals surface area contributed by atoms with Gasteiger partial charge in [-0.05, 0) is 41.6 Å². The monoisotopic (exact) mass is 281 g/mol. The molecular weight excluding hydrogens is 269 g/mol. The van der Waals surface area contributed by atoms with Crippen LogP contribution in [0.4, 0.5) is 0 Å². The van der Waals surface area contributed by atoms with Crippen molar-refractivity contribution in [2.24, 2.45) is 0 Å². The molecule has 0 radical (unpaired) electrons. The molecule has 0 bridgehead atoms. The summed E-state index contributed by atoms with van der Waals surface area (Å²) in [6.45, 7) is 3.02. The van der Waals surface area contributed by atoms with Gasteiger partial charge in [-0.3, -0.25) is 0 Å². The van der Waals surface area contributed by atoms with Gasteiger partial charge in [0.15, 0.2) is 3.77 Å². The van der Waals surface area contributed by atoms with Crippen molar-refractivity contribution < 1.29 is 9.52 Å².